The van der Waals surface area contributed by atoms with Crippen molar-refractivity contribution in [3.63, 3.8) is 0 Å². The van der Waals surface area contributed by atoms with Gasteiger partial charge in [-0.3, -0.25) is 19.1 Å². The number of benzene rings is 1. The maximum Gasteiger partial charge on any atom is 0.330 e. The van der Waals surface area contributed by atoms with Crippen LogP contribution in [0.1, 0.15) is 25.2 Å². The first-order chi connectivity index (χ1) is 14.4. The highest BCUT2D eigenvalue weighted by molar-refractivity contribution is 6.04. The van der Waals surface area contributed by atoms with Crippen LogP contribution >= 0.6 is 0 Å². The van der Waals surface area contributed by atoms with Crippen molar-refractivity contribution < 1.29 is 9.21 Å². The Labute approximate surface area is 173 Å². The molecule has 3 N–H and O–H groups in total. The van der Waals surface area contributed by atoms with Gasteiger partial charge in [0.05, 0.1) is 12.8 Å². The molecule has 1 amide bonds. The predicted octanol–water partition coefficient (Wildman–Crippen LogP) is 2.46. The lowest BCUT2D eigenvalue weighted by molar-refractivity contribution is -0.114. The van der Waals surface area contributed by atoms with Crippen LogP contribution in [0.15, 0.2) is 68.8 Å². The van der Waals surface area contributed by atoms with Gasteiger partial charge in [-0.2, -0.15) is 0 Å². The second kappa shape index (κ2) is 9.13. The van der Waals surface area contributed by atoms with E-state index in [4.69, 9.17) is 10.2 Å². The highest BCUT2D eigenvalue weighted by atomic mass is 16.3. The summed E-state index contributed by atoms with van der Waals surface area (Å²) in [5, 5.41) is 0. The molecule has 0 fully saturated rings. The van der Waals surface area contributed by atoms with Gasteiger partial charge in [0.2, 0.25) is 0 Å². The van der Waals surface area contributed by atoms with Gasteiger partial charge in [0.25, 0.3) is 11.5 Å². The molecule has 0 radical (unpaired) electrons. The minimum atomic E-state index is -0.706. The van der Waals surface area contributed by atoms with Crippen LogP contribution in [0.4, 0.5) is 11.5 Å². The number of hydrogen-bond donors (Lipinski definition) is 2. The molecular formula is C22H24N4O4. The first-order valence-corrected chi connectivity index (χ1v) is 9.56. The number of H-pyrrole nitrogens is 1. The molecule has 156 valence electrons. The van der Waals surface area contributed by atoms with Crippen LogP contribution in [-0.4, -0.2) is 22.0 Å². The number of furan rings is 1. The normalized spacial score (nSPS) is 11.3. The number of hydrogen-bond acceptors (Lipinski definition) is 5. The topological polar surface area (TPSA) is 114 Å². The summed E-state index contributed by atoms with van der Waals surface area (Å²) in [5.41, 5.74) is 5.70. The quantitative estimate of drug-likeness (QED) is 0.583. The minimum absolute atomic E-state index is 0.0478. The molecule has 3 rings (SSSR count). The molecule has 0 atom stereocenters. The largest absolute Gasteiger partial charge is 0.465 e. The molecule has 0 aliphatic rings. The average molecular weight is 408 g/mol. The van der Waals surface area contributed by atoms with Gasteiger partial charge in [0, 0.05) is 12.6 Å². The summed E-state index contributed by atoms with van der Waals surface area (Å²) in [7, 11) is 0. The van der Waals surface area contributed by atoms with Crippen molar-refractivity contribution in [2.45, 2.75) is 20.4 Å². The molecule has 0 saturated carbocycles. The number of nitrogens with zero attached hydrogens (tertiary/aromatic N) is 2. The van der Waals surface area contributed by atoms with Crippen molar-refractivity contribution in [3.05, 3.63) is 87.0 Å². The molecule has 3 aromatic rings. The van der Waals surface area contributed by atoms with Crippen LogP contribution in [0.2, 0.25) is 0 Å². The van der Waals surface area contributed by atoms with E-state index in [1.54, 1.807) is 12.1 Å². The van der Waals surface area contributed by atoms with Crippen LogP contribution in [0.3, 0.4) is 0 Å². The first kappa shape index (κ1) is 20.9. The number of nitrogens with two attached hydrogens (primary N) is 1. The van der Waals surface area contributed by atoms with E-state index < -0.39 is 17.2 Å². The van der Waals surface area contributed by atoms with Gasteiger partial charge in [0.15, 0.2) is 5.69 Å². The third kappa shape index (κ3) is 4.78. The molecule has 2 aromatic heterocycles. The summed E-state index contributed by atoms with van der Waals surface area (Å²) < 4.78 is 6.46. The van der Waals surface area contributed by atoms with E-state index in [0.29, 0.717) is 5.76 Å². The Morgan fingerprint density at radius 1 is 1.20 bits per heavy atom. The fourth-order valence-corrected chi connectivity index (χ4v) is 3.05. The number of nitrogen functional groups attached to an aromatic ring is 1. The van der Waals surface area contributed by atoms with Gasteiger partial charge in [-0.1, -0.05) is 44.2 Å². The lowest BCUT2D eigenvalue weighted by atomic mass is 10.2. The molecule has 8 heteroatoms. The number of amides is 1. The Hall–Kier alpha value is -3.81. The fourth-order valence-electron chi connectivity index (χ4n) is 3.05. The molecule has 8 nitrogen and oxygen atoms in total. The SMILES string of the molecule is CC(C)CN(C(=O)C=Cc1ccco1)c1c(N)n(Cc2ccccc2)c(=O)[nH]c1=O. The lowest BCUT2D eigenvalue weighted by Gasteiger charge is -2.25. The highest BCUT2D eigenvalue weighted by Crippen LogP contribution is 2.20. The van der Waals surface area contributed by atoms with Crippen molar-refractivity contribution in [1.29, 1.82) is 0 Å². The zero-order valence-corrected chi connectivity index (χ0v) is 16.9. The van der Waals surface area contributed by atoms with Gasteiger partial charge in [-0.05, 0) is 29.7 Å². The van der Waals surface area contributed by atoms with Gasteiger partial charge >= 0.3 is 5.69 Å². The summed E-state index contributed by atoms with van der Waals surface area (Å²) >= 11 is 0. The number of aromatic amines is 1. The highest BCUT2D eigenvalue weighted by Gasteiger charge is 2.23. The molecule has 0 spiro atoms. The predicted molar refractivity (Wildman–Crippen MR) is 116 cm³/mol. The van der Waals surface area contributed by atoms with Crippen molar-refractivity contribution >= 4 is 23.5 Å². The van der Waals surface area contributed by atoms with Crippen LogP contribution in [0.5, 0.6) is 0 Å². The van der Waals surface area contributed by atoms with Gasteiger partial charge in [0.1, 0.15) is 11.6 Å². The molecule has 2 heterocycles. The number of carbonyl (C=O) groups is 1. The van der Waals surface area contributed by atoms with E-state index in [9.17, 15) is 14.4 Å². The number of carbonyl (C=O) groups excluding carboxylic acids is 1. The van der Waals surface area contributed by atoms with Crippen LogP contribution in [0.25, 0.3) is 6.08 Å². The van der Waals surface area contributed by atoms with E-state index in [1.165, 1.54) is 27.9 Å². The van der Waals surface area contributed by atoms with Gasteiger partial charge < -0.3 is 15.1 Å². The summed E-state index contributed by atoms with van der Waals surface area (Å²) in [6.45, 7) is 4.25. The summed E-state index contributed by atoms with van der Waals surface area (Å²) in [6, 6.07) is 12.7. The maximum absolute atomic E-state index is 12.9. The van der Waals surface area contributed by atoms with Crippen LogP contribution in [-0.2, 0) is 11.3 Å². The van der Waals surface area contributed by atoms with Crippen molar-refractivity contribution in [2.24, 2.45) is 5.92 Å². The molecular weight excluding hydrogens is 384 g/mol. The average Bonchev–Trinajstić information content (AvgIpc) is 3.22. The van der Waals surface area contributed by atoms with Crippen molar-refractivity contribution in [1.82, 2.24) is 9.55 Å². The van der Waals surface area contributed by atoms with Gasteiger partial charge in [-0.15, -0.1) is 0 Å². The zero-order chi connectivity index (χ0) is 21.7. The van der Waals surface area contributed by atoms with Crippen molar-refractivity contribution in [2.75, 3.05) is 17.2 Å². The molecule has 0 bridgehead atoms. The molecule has 1 aromatic carbocycles. The minimum Gasteiger partial charge on any atom is -0.465 e. The van der Waals surface area contributed by atoms with E-state index >= 15 is 0 Å². The third-order valence-corrected chi connectivity index (χ3v) is 4.41. The molecule has 0 saturated heterocycles. The maximum atomic E-state index is 12.9. The first-order valence-electron chi connectivity index (χ1n) is 9.56. The Bertz CT molecular complexity index is 1140. The molecule has 0 unspecified atom stereocenters. The molecule has 30 heavy (non-hydrogen) atoms. The van der Waals surface area contributed by atoms with E-state index in [1.807, 2.05) is 44.2 Å². The Balaban J connectivity index is 2.04. The Morgan fingerprint density at radius 3 is 2.57 bits per heavy atom. The monoisotopic (exact) mass is 408 g/mol. The van der Waals surface area contributed by atoms with Crippen molar-refractivity contribution in [3.8, 4) is 0 Å². The standard InChI is InChI=1S/C22H24N4O4/c1-15(2)13-25(18(27)11-10-17-9-6-12-30-17)19-20(23)26(22(29)24-21(19)28)14-16-7-4-3-5-8-16/h3-12,15H,13-14,23H2,1-2H3,(H,24,28,29). The third-order valence-electron chi connectivity index (χ3n) is 4.41. The van der Waals surface area contributed by atoms with E-state index in [-0.39, 0.29) is 30.5 Å². The Kier molecular flexibility index (Phi) is 6.36. The summed E-state index contributed by atoms with van der Waals surface area (Å²) in [6.07, 6.45) is 4.32. The smallest absolute Gasteiger partial charge is 0.330 e. The van der Waals surface area contributed by atoms with Crippen LogP contribution < -0.4 is 21.9 Å². The summed E-state index contributed by atoms with van der Waals surface area (Å²) in [5.74, 6) is 0.0539. The zero-order valence-electron chi connectivity index (χ0n) is 16.9. The number of rotatable bonds is 7. The molecule has 0 aliphatic carbocycles. The van der Waals surface area contributed by atoms with E-state index in [0.717, 1.165) is 5.56 Å². The number of nitrogens with one attached hydrogen (secondary N) is 1. The van der Waals surface area contributed by atoms with Crippen LogP contribution in [0, 0.1) is 5.92 Å². The molecule has 0 aliphatic heterocycles. The number of anilines is 2. The Morgan fingerprint density at radius 2 is 1.93 bits per heavy atom. The van der Waals surface area contributed by atoms with E-state index in [2.05, 4.69) is 4.98 Å². The number of aromatic nitrogens is 2. The second-order valence-corrected chi connectivity index (χ2v) is 7.26. The second-order valence-electron chi connectivity index (χ2n) is 7.26. The summed E-state index contributed by atoms with van der Waals surface area (Å²) in [4.78, 5) is 41.6. The fraction of sp³-hybridized carbons (Fsp3) is 0.227. The van der Waals surface area contributed by atoms with Gasteiger partial charge in [-0.25, -0.2) is 4.79 Å². The lowest BCUT2D eigenvalue weighted by Crippen LogP contribution is -2.42.